The van der Waals surface area contributed by atoms with Gasteiger partial charge in [-0.15, -0.1) is 0 Å². The summed E-state index contributed by atoms with van der Waals surface area (Å²) in [5, 5.41) is 12.0. The van der Waals surface area contributed by atoms with Gasteiger partial charge in [0.05, 0.1) is 0 Å². The third-order valence-electron chi connectivity index (χ3n) is 1.53. The minimum Gasteiger partial charge on any atom is -0.481 e. The molecule has 0 amide bonds. The summed E-state index contributed by atoms with van der Waals surface area (Å²) in [5.41, 5.74) is 5.13. The summed E-state index contributed by atoms with van der Waals surface area (Å²) >= 11 is 0.919. The summed E-state index contributed by atoms with van der Waals surface area (Å²) in [5.74, 6) is -0.880. The van der Waals surface area contributed by atoms with Crippen molar-refractivity contribution in [1.82, 2.24) is 9.36 Å². The van der Waals surface area contributed by atoms with Crippen LogP contribution < -0.4 is 5.73 Å². The van der Waals surface area contributed by atoms with Crippen LogP contribution in [0.3, 0.4) is 0 Å². The molecule has 0 fully saturated rings. The molecule has 17 heavy (non-hydrogen) atoms. The molecule has 91 valence electrons. The lowest BCUT2D eigenvalue weighted by Crippen LogP contribution is -2.07. The van der Waals surface area contributed by atoms with E-state index < -0.39 is 5.97 Å². The van der Waals surface area contributed by atoms with E-state index in [1.54, 1.807) is 0 Å². The minimum atomic E-state index is -0.923. The molecule has 1 aromatic heterocycles. The molecule has 1 heterocycles. The van der Waals surface area contributed by atoms with E-state index in [2.05, 4.69) is 14.5 Å². The van der Waals surface area contributed by atoms with Crippen LogP contribution >= 0.6 is 11.5 Å². The first kappa shape index (κ1) is 13.0. The number of anilines is 1. The van der Waals surface area contributed by atoms with Gasteiger partial charge in [0, 0.05) is 18.0 Å². The number of aliphatic carboxylic acids is 1. The Labute approximate surface area is 100 Å². The number of hydrogen-bond acceptors (Lipinski definition) is 8. The standard InChI is InChI=1S/C8H9N4O4S/c9-8-10-7(12-17-8)5(4-13)11-16-3-1-2-6(14)15/h1-3H2,(H,14,15)(H2,9,10,12)/b11-5-. The summed E-state index contributed by atoms with van der Waals surface area (Å²) in [7, 11) is 0. The van der Waals surface area contributed by atoms with Gasteiger partial charge in [0.2, 0.25) is 5.82 Å². The average molecular weight is 257 g/mol. The van der Waals surface area contributed by atoms with Crippen LogP contribution in [-0.2, 0) is 14.4 Å². The zero-order valence-corrected chi connectivity index (χ0v) is 9.44. The van der Waals surface area contributed by atoms with Gasteiger partial charge in [-0.3, -0.25) is 9.59 Å². The largest absolute Gasteiger partial charge is 0.481 e. The lowest BCUT2D eigenvalue weighted by Gasteiger charge is -1.97. The fourth-order valence-corrected chi connectivity index (χ4v) is 1.27. The highest BCUT2D eigenvalue weighted by atomic mass is 32.1. The van der Waals surface area contributed by atoms with Gasteiger partial charge < -0.3 is 15.7 Å². The average Bonchev–Trinajstić information content (AvgIpc) is 2.70. The number of carbonyl (C=O) groups is 1. The summed E-state index contributed by atoms with van der Waals surface area (Å²) < 4.78 is 3.75. The van der Waals surface area contributed by atoms with Crippen LogP contribution in [0.2, 0.25) is 0 Å². The normalized spacial score (nSPS) is 11.2. The van der Waals surface area contributed by atoms with Crippen molar-refractivity contribution in [3.05, 3.63) is 5.82 Å². The highest BCUT2D eigenvalue weighted by Gasteiger charge is 2.10. The Hall–Kier alpha value is -2.03. The third-order valence-corrected chi connectivity index (χ3v) is 2.07. The van der Waals surface area contributed by atoms with Crippen molar-refractivity contribution in [3.63, 3.8) is 0 Å². The van der Waals surface area contributed by atoms with Crippen molar-refractivity contribution < 1.29 is 19.5 Å². The Morgan fingerprint density at radius 1 is 1.65 bits per heavy atom. The molecule has 8 nitrogen and oxygen atoms in total. The number of nitrogen functional groups attached to an aromatic ring is 1. The van der Waals surface area contributed by atoms with Crippen molar-refractivity contribution >= 4 is 34.6 Å². The monoisotopic (exact) mass is 257 g/mol. The lowest BCUT2D eigenvalue weighted by atomic mass is 10.3. The number of carbonyl (C=O) groups excluding carboxylic acids is 1. The quantitative estimate of drug-likeness (QED) is 0.393. The molecule has 0 atom stereocenters. The molecular formula is C8H9N4O4S. The molecule has 0 aromatic carbocycles. The number of rotatable bonds is 7. The van der Waals surface area contributed by atoms with E-state index in [0.29, 0.717) is 0 Å². The third kappa shape index (κ3) is 4.55. The molecular weight excluding hydrogens is 248 g/mol. The van der Waals surface area contributed by atoms with Gasteiger partial charge in [-0.1, -0.05) is 5.16 Å². The number of nitrogens with two attached hydrogens (primary N) is 1. The summed E-state index contributed by atoms with van der Waals surface area (Å²) in [6.45, 7) is 0.0805. The number of oxime groups is 1. The zero-order valence-electron chi connectivity index (χ0n) is 8.62. The van der Waals surface area contributed by atoms with Crippen molar-refractivity contribution in [2.45, 2.75) is 12.8 Å². The van der Waals surface area contributed by atoms with E-state index in [9.17, 15) is 9.59 Å². The summed E-state index contributed by atoms with van der Waals surface area (Å²) in [4.78, 5) is 29.2. The Balaban J connectivity index is 2.45. The van der Waals surface area contributed by atoms with Crippen LogP contribution in [0.4, 0.5) is 5.13 Å². The molecule has 3 N–H and O–H groups in total. The van der Waals surface area contributed by atoms with Crippen molar-refractivity contribution in [3.8, 4) is 0 Å². The van der Waals surface area contributed by atoms with E-state index in [1.807, 2.05) is 0 Å². The zero-order chi connectivity index (χ0) is 12.7. The lowest BCUT2D eigenvalue weighted by molar-refractivity contribution is -0.137. The molecule has 0 aliphatic carbocycles. The van der Waals surface area contributed by atoms with Crippen LogP contribution in [0, 0.1) is 0 Å². The molecule has 1 radical (unpaired) electrons. The van der Waals surface area contributed by atoms with Gasteiger partial charge in [0.15, 0.2) is 10.8 Å². The Kier molecular flexibility index (Phi) is 5.01. The van der Waals surface area contributed by atoms with E-state index in [-0.39, 0.29) is 36.1 Å². The second-order valence-corrected chi connectivity index (χ2v) is 3.61. The highest BCUT2D eigenvalue weighted by molar-refractivity contribution is 7.09. The molecule has 0 spiro atoms. The van der Waals surface area contributed by atoms with Crippen LogP contribution in [0.1, 0.15) is 18.7 Å². The maximum Gasteiger partial charge on any atom is 0.303 e. The number of hydrogen-bond donors (Lipinski definition) is 2. The fraction of sp³-hybridized carbons (Fsp3) is 0.375. The molecule has 0 saturated heterocycles. The van der Waals surface area contributed by atoms with Crippen LogP contribution in [0.5, 0.6) is 0 Å². The van der Waals surface area contributed by atoms with Gasteiger partial charge in [0.1, 0.15) is 6.61 Å². The topological polar surface area (TPSA) is 128 Å². The smallest absolute Gasteiger partial charge is 0.303 e. The van der Waals surface area contributed by atoms with Crippen LogP contribution in [-0.4, -0.2) is 39.0 Å². The fourth-order valence-electron chi connectivity index (χ4n) is 0.835. The predicted octanol–water partition coefficient (Wildman–Crippen LogP) is -0.185. The Morgan fingerprint density at radius 3 is 2.94 bits per heavy atom. The van der Waals surface area contributed by atoms with Crippen molar-refractivity contribution in [2.24, 2.45) is 5.16 Å². The molecule has 1 rings (SSSR count). The van der Waals surface area contributed by atoms with Gasteiger partial charge in [-0.25, -0.2) is 0 Å². The van der Waals surface area contributed by atoms with Gasteiger partial charge in [-0.05, 0) is 6.42 Å². The highest BCUT2D eigenvalue weighted by Crippen LogP contribution is 2.06. The maximum absolute atomic E-state index is 10.5. The summed E-state index contributed by atoms with van der Waals surface area (Å²) in [6, 6.07) is 0. The summed E-state index contributed by atoms with van der Waals surface area (Å²) in [6.07, 6.45) is 1.78. The van der Waals surface area contributed by atoms with Gasteiger partial charge in [0.25, 0.3) is 6.29 Å². The number of nitrogens with zero attached hydrogens (tertiary/aromatic N) is 3. The van der Waals surface area contributed by atoms with E-state index in [0.717, 1.165) is 11.5 Å². The Morgan fingerprint density at radius 2 is 2.41 bits per heavy atom. The second kappa shape index (κ2) is 6.53. The number of carboxylic acids is 1. The Bertz CT molecular complexity index is 431. The van der Waals surface area contributed by atoms with Crippen LogP contribution in [0.15, 0.2) is 5.16 Å². The molecule has 1 aromatic rings. The molecule has 0 aliphatic heterocycles. The van der Waals surface area contributed by atoms with E-state index >= 15 is 0 Å². The molecule has 0 aliphatic rings. The molecule has 9 heteroatoms. The maximum atomic E-state index is 10.5. The van der Waals surface area contributed by atoms with E-state index in [1.165, 1.54) is 6.29 Å². The van der Waals surface area contributed by atoms with E-state index in [4.69, 9.17) is 15.7 Å². The van der Waals surface area contributed by atoms with Crippen LogP contribution in [0.25, 0.3) is 0 Å². The van der Waals surface area contributed by atoms with Gasteiger partial charge in [-0.2, -0.15) is 9.36 Å². The molecule has 0 saturated carbocycles. The molecule has 0 bridgehead atoms. The SMILES string of the molecule is Nc1nc(/C([C]=O)=N\OCCCC(=O)O)ns1. The predicted molar refractivity (Wildman–Crippen MR) is 59.4 cm³/mol. The number of aromatic nitrogens is 2. The first-order valence-corrected chi connectivity index (χ1v) is 5.30. The number of carboxylic acid groups (broad SMARTS) is 1. The second-order valence-electron chi connectivity index (χ2n) is 2.83. The first-order valence-electron chi connectivity index (χ1n) is 4.53. The molecule has 0 unspecified atom stereocenters. The van der Waals surface area contributed by atoms with Crippen molar-refractivity contribution in [1.29, 1.82) is 0 Å². The first-order chi connectivity index (χ1) is 8.13. The van der Waals surface area contributed by atoms with Gasteiger partial charge >= 0.3 is 5.97 Å². The van der Waals surface area contributed by atoms with Crippen molar-refractivity contribution in [2.75, 3.05) is 12.3 Å². The minimum absolute atomic E-state index is 0.0302.